The van der Waals surface area contributed by atoms with Crippen molar-refractivity contribution in [1.29, 1.82) is 5.26 Å². The molecule has 1 aromatic rings. The molecule has 2 aliphatic rings. The van der Waals surface area contributed by atoms with E-state index in [9.17, 15) is 0 Å². The molecule has 3 heteroatoms. The van der Waals surface area contributed by atoms with E-state index >= 15 is 0 Å². The van der Waals surface area contributed by atoms with E-state index in [2.05, 4.69) is 6.07 Å². The summed E-state index contributed by atoms with van der Waals surface area (Å²) in [5.41, 5.74) is 1.12. The number of rotatable bonds is 0. The van der Waals surface area contributed by atoms with Crippen LogP contribution in [0.4, 0.5) is 0 Å². The van der Waals surface area contributed by atoms with E-state index in [1.807, 2.05) is 24.3 Å². The molecule has 2 heterocycles. The van der Waals surface area contributed by atoms with Gasteiger partial charge in [0.1, 0.15) is 17.9 Å². The van der Waals surface area contributed by atoms with Crippen LogP contribution in [0.1, 0.15) is 5.56 Å². The van der Waals surface area contributed by atoms with Crippen LogP contribution >= 0.6 is 0 Å². The molecule has 0 spiro atoms. The Kier molecular flexibility index (Phi) is 1.09. The zero-order chi connectivity index (χ0) is 8.89. The van der Waals surface area contributed by atoms with Crippen molar-refractivity contribution in [1.82, 2.24) is 0 Å². The maximum atomic E-state index is 8.82. The number of benzene rings is 1. The number of para-hydroxylation sites is 1. The molecule has 0 aliphatic carbocycles. The Morgan fingerprint density at radius 2 is 2.31 bits per heavy atom. The molecule has 1 saturated heterocycles. The summed E-state index contributed by atoms with van der Waals surface area (Å²) in [6.07, 6.45) is 0.719. The molecular weight excluding hydrogens is 166 g/mol. The lowest BCUT2D eigenvalue weighted by Gasteiger charge is -2.16. The van der Waals surface area contributed by atoms with Crippen molar-refractivity contribution in [2.24, 2.45) is 0 Å². The summed E-state index contributed by atoms with van der Waals surface area (Å²) in [6, 6.07) is 9.77. The van der Waals surface area contributed by atoms with E-state index in [0.717, 1.165) is 17.7 Å². The summed E-state index contributed by atoms with van der Waals surface area (Å²) in [4.78, 5) is 0. The number of fused-ring (bicyclic) bond motifs is 2. The van der Waals surface area contributed by atoms with Gasteiger partial charge in [-0.15, -0.1) is 0 Å². The van der Waals surface area contributed by atoms with Crippen LogP contribution in [-0.4, -0.2) is 11.9 Å². The topological polar surface area (TPSA) is 45.5 Å². The molecule has 0 N–H and O–H groups in total. The molecule has 0 aromatic heterocycles. The first-order valence-electron chi connectivity index (χ1n) is 4.20. The molecule has 1 fully saturated rings. The van der Waals surface area contributed by atoms with Crippen LogP contribution in [0.2, 0.25) is 0 Å². The molecule has 0 saturated carbocycles. The smallest absolute Gasteiger partial charge is 0.328 e. The molecule has 1 aromatic carbocycles. The van der Waals surface area contributed by atoms with Crippen molar-refractivity contribution in [3.05, 3.63) is 29.8 Å². The molecule has 3 nitrogen and oxygen atoms in total. The maximum absolute atomic E-state index is 8.82. The number of hydrogen-bond acceptors (Lipinski definition) is 3. The Morgan fingerprint density at radius 3 is 3.15 bits per heavy atom. The highest BCUT2D eigenvalue weighted by molar-refractivity contribution is 5.40. The summed E-state index contributed by atoms with van der Waals surface area (Å²) < 4.78 is 10.7. The summed E-state index contributed by atoms with van der Waals surface area (Å²) in [5.74, 6) is -0.188. The molecule has 0 radical (unpaired) electrons. The minimum atomic E-state index is -0.964. The predicted octanol–water partition coefficient (Wildman–Crippen LogP) is 1.24. The Balaban J connectivity index is 2.05. The van der Waals surface area contributed by atoms with Crippen LogP contribution < -0.4 is 4.74 Å². The molecule has 64 valence electrons. The highest BCUT2D eigenvalue weighted by Crippen LogP contribution is 2.46. The number of nitriles is 1. The van der Waals surface area contributed by atoms with E-state index in [4.69, 9.17) is 14.7 Å². The predicted molar refractivity (Wildman–Crippen MR) is 44.0 cm³/mol. The van der Waals surface area contributed by atoms with Crippen molar-refractivity contribution in [2.75, 3.05) is 0 Å². The Labute approximate surface area is 75.5 Å². The van der Waals surface area contributed by atoms with E-state index in [-0.39, 0.29) is 6.10 Å². The quantitative estimate of drug-likeness (QED) is 0.554. The van der Waals surface area contributed by atoms with Gasteiger partial charge in [0.05, 0.1) is 0 Å². The minimum Gasteiger partial charge on any atom is -0.447 e. The lowest BCUT2D eigenvalue weighted by molar-refractivity contribution is 0.114. The minimum absolute atomic E-state index is 0.0626. The molecule has 3 rings (SSSR count). The third-order valence-corrected chi connectivity index (χ3v) is 2.48. The zero-order valence-electron chi connectivity index (χ0n) is 6.86. The SMILES string of the molecule is N#CC12Oc3ccccc3CC1O2. The average Bonchev–Trinajstić information content (AvgIpc) is 2.88. The second-order valence-electron chi connectivity index (χ2n) is 3.30. The lowest BCUT2D eigenvalue weighted by Crippen LogP contribution is -2.26. The summed E-state index contributed by atoms with van der Waals surface area (Å²) in [7, 11) is 0. The van der Waals surface area contributed by atoms with Crippen LogP contribution in [0.15, 0.2) is 24.3 Å². The van der Waals surface area contributed by atoms with Gasteiger partial charge in [0, 0.05) is 6.42 Å². The second-order valence-corrected chi connectivity index (χ2v) is 3.30. The highest BCUT2D eigenvalue weighted by atomic mass is 16.8. The normalized spacial score (nSPS) is 33.6. The first-order chi connectivity index (χ1) is 6.34. The third-order valence-electron chi connectivity index (χ3n) is 2.48. The lowest BCUT2D eigenvalue weighted by atomic mass is 10.0. The number of epoxide rings is 1. The Morgan fingerprint density at radius 1 is 1.46 bits per heavy atom. The second kappa shape index (κ2) is 2.04. The van der Waals surface area contributed by atoms with Crippen molar-refractivity contribution >= 4 is 0 Å². The molecule has 2 atom stereocenters. The van der Waals surface area contributed by atoms with Crippen LogP contribution in [0.3, 0.4) is 0 Å². The fraction of sp³-hybridized carbons (Fsp3) is 0.300. The Bertz CT molecular complexity index is 410. The third kappa shape index (κ3) is 0.809. The first kappa shape index (κ1) is 6.93. The van der Waals surface area contributed by atoms with Crippen molar-refractivity contribution in [3.63, 3.8) is 0 Å². The van der Waals surface area contributed by atoms with Crippen molar-refractivity contribution in [2.45, 2.75) is 18.3 Å². The van der Waals surface area contributed by atoms with Gasteiger partial charge >= 0.3 is 5.79 Å². The van der Waals surface area contributed by atoms with Gasteiger partial charge in [0.2, 0.25) is 0 Å². The van der Waals surface area contributed by atoms with Crippen LogP contribution in [0.5, 0.6) is 5.75 Å². The van der Waals surface area contributed by atoms with Gasteiger partial charge in [0.25, 0.3) is 0 Å². The van der Waals surface area contributed by atoms with Crippen LogP contribution in [0.25, 0.3) is 0 Å². The van der Waals surface area contributed by atoms with Gasteiger partial charge in [-0.2, -0.15) is 5.26 Å². The molecular formula is C10H7NO2. The molecule has 0 amide bonds. The average molecular weight is 173 g/mol. The fourth-order valence-corrected chi connectivity index (χ4v) is 1.70. The van der Waals surface area contributed by atoms with Gasteiger partial charge in [-0.25, -0.2) is 0 Å². The summed E-state index contributed by atoms with van der Waals surface area (Å²) in [5, 5.41) is 8.82. The largest absolute Gasteiger partial charge is 0.447 e. The summed E-state index contributed by atoms with van der Waals surface area (Å²) in [6.45, 7) is 0. The van der Waals surface area contributed by atoms with E-state index in [0.29, 0.717) is 0 Å². The zero-order valence-corrected chi connectivity index (χ0v) is 6.86. The summed E-state index contributed by atoms with van der Waals surface area (Å²) >= 11 is 0. The van der Waals surface area contributed by atoms with E-state index < -0.39 is 5.79 Å². The Hall–Kier alpha value is -1.53. The van der Waals surface area contributed by atoms with Gasteiger partial charge in [-0.05, 0) is 11.6 Å². The molecule has 13 heavy (non-hydrogen) atoms. The first-order valence-corrected chi connectivity index (χ1v) is 4.20. The fourth-order valence-electron chi connectivity index (χ4n) is 1.70. The van der Waals surface area contributed by atoms with Crippen molar-refractivity contribution < 1.29 is 9.47 Å². The highest BCUT2D eigenvalue weighted by Gasteiger charge is 2.63. The molecule has 0 bridgehead atoms. The van der Waals surface area contributed by atoms with Gasteiger partial charge < -0.3 is 9.47 Å². The molecule has 2 unspecified atom stereocenters. The van der Waals surface area contributed by atoms with Gasteiger partial charge in [0.15, 0.2) is 0 Å². The van der Waals surface area contributed by atoms with Gasteiger partial charge in [-0.1, -0.05) is 18.2 Å². The van der Waals surface area contributed by atoms with Crippen molar-refractivity contribution in [3.8, 4) is 11.8 Å². The van der Waals surface area contributed by atoms with Crippen LogP contribution in [-0.2, 0) is 11.2 Å². The van der Waals surface area contributed by atoms with Crippen LogP contribution in [0, 0.1) is 11.3 Å². The monoisotopic (exact) mass is 173 g/mol. The van der Waals surface area contributed by atoms with E-state index in [1.165, 1.54) is 0 Å². The standard InChI is InChI=1S/C10H7NO2/c11-6-10-9(13-10)5-7-3-1-2-4-8(7)12-10/h1-4,9H,5H2. The van der Waals surface area contributed by atoms with E-state index in [1.54, 1.807) is 0 Å². The number of nitrogens with zero attached hydrogens (tertiary/aromatic N) is 1. The van der Waals surface area contributed by atoms with Gasteiger partial charge in [-0.3, -0.25) is 0 Å². The number of ether oxygens (including phenoxy) is 2. The maximum Gasteiger partial charge on any atom is 0.328 e. The number of hydrogen-bond donors (Lipinski definition) is 0. The molecule has 2 aliphatic heterocycles.